The third kappa shape index (κ3) is 2.50. The van der Waals surface area contributed by atoms with Crippen molar-refractivity contribution in [1.82, 2.24) is 19.6 Å². The molecule has 1 aliphatic carbocycles. The van der Waals surface area contributed by atoms with Gasteiger partial charge >= 0.3 is 0 Å². The van der Waals surface area contributed by atoms with Gasteiger partial charge in [-0.05, 0) is 0 Å². The summed E-state index contributed by atoms with van der Waals surface area (Å²) in [6.07, 6.45) is 0. The Morgan fingerprint density at radius 1 is 0.450 bits per heavy atom. The van der Waals surface area contributed by atoms with E-state index in [-0.39, 0.29) is 11.6 Å². The van der Waals surface area contributed by atoms with Crippen LogP contribution >= 0.6 is 0 Å². The molecule has 0 aromatic rings. The van der Waals surface area contributed by atoms with Crippen molar-refractivity contribution in [3.63, 3.8) is 0 Å². The topological polar surface area (TPSA) is 47.1 Å². The SMILES string of the molecule is CN(C)C1=C(N(C)C)C(=O)C(N(C)C)=C(N(C)C)C1=O. The van der Waals surface area contributed by atoms with E-state index in [9.17, 15) is 9.59 Å². The van der Waals surface area contributed by atoms with Gasteiger partial charge in [-0.1, -0.05) is 0 Å². The molecule has 0 fully saturated rings. The number of carbonyl (C=O) groups excluding carboxylic acids is 2. The lowest BCUT2D eigenvalue weighted by atomic mass is 9.96. The Morgan fingerprint density at radius 3 is 0.700 bits per heavy atom. The molecule has 0 amide bonds. The minimum atomic E-state index is -0.132. The fourth-order valence-electron chi connectivity index (χ4n) is 2.31. The Morgan fingerprint density at radius 2 is 0.600 bits per heavy atom. The zero-order valence-corrected chi connectivity index (χ0v) is 13.6. The Hall–Kier alpha value is -1.98. The molecule has 0 unspecified atom stereocenters. The van der Waals surface area contributed by atoms with E-state index in [1.54, 1.807) is 76.0 Å². The van der Waals surface area contributed by atoms with Gasteiger partial charge in [-0.3, -0.25) is 9.59 Å². The van der Waals surface area contributed by atoms with E-state index in [2.05, 4.69) is 0 Å². The fraction of sp³-hybridized carbons (Fsp3) is 0.571. The summed E-state index contributed by atoms with van der Waals surface area (Å²) in [5, 5.41) is 0. The predicted molar refractivity (Wildman–Crippen MR) is 78.8 cm³/mol. The molecule has 0 heterocycles. The number of Topliss-reactive ketones (excluding diaryl/α,β-unsaturated/α-hetero) is 2. The minimum absolute atomic E-state index is 0.132. The van der Waals surface area contributed by atoms with Crippen LogP contribution in [0.1, 0.15) is 0 Å². The van der Waals surface area contributed by atoms with Crippen molar-refractivity contribution >= 4 is 11.6 Å². The van der Waals surface area contributed by atoms with E-state index >= 15 is 0 Å². The molecule has 0 saturated carbocycles. The van der Waals surface area contributed by atoms with Crippen LogP contribution in [0.5, 0.6) is 0 Å². The Balaban J connectivity index is 3.63. The Bertz CT molecular complexity index is 413. The largest absolute Gasteiger partial charge is 0.373 e. The number of hydrogen-bond acceptors (Lipinski definition) is 6. The van der Waals surface area contributed by atoms with Crippen LogP contribution in [0, 0.1) is 0 Å². The van der Waals surface area contributed by atoms with Crippen molar-refractivity contribution in [2.75, 3.05) is 56.4 Å². The first kappa shape index (κ1) is 16.1. The third-order valence-electron chi connectivity index (χ3n) is 3.10. The van der Waals surface area contributed by atoms with Gasteiger partial charge in [-0.15, -0.1) is 0 Å². The van der Waals surface area contributed by atoms with E-state index in [0.29, 0.717) is 22.8 Å². The monoisotopic (exact) mass is 280 g/mol. The summed E-state index contributed by atoms with van der Waals surface area (Å²) in [4.78, 5) is 32.4. The number of ketones is 2. The summed E-state index contributed by atoms with van der Waals surface area (Å²) in [5.41, 5.74) is 1.70. The lowest BCUT2D eigenvalue weighted by Crippen LogP contribution is -2.42. The number of rotatable bonds is 4. The number of nitrogens with zero attached hydrogens (tertiary/aromatic N) is 4. The second kappa shape index (κ2) is 5.56. The van der Waals surface area contributed by atoms with Crippen LogP contribution in [0.4, 0.5) is 0 Å². The highest BCUT2D eigenvalue weighted by Crippen LogP contribution is 2.29. The number of hydrogen-bond donors (Lipinski definition) is 0. The maximum atomic E-state index is 12.8. The molecule has 0 aliphatic heterocycles. The van der Waals surface area contributed by atoms with E-state index < -0.39 is 0 Å². The first-order valence-corrected chi connectivity index (χ1v) is 6.38. The fourth-order valence-corrected chi connectivity index (χ4v) is 2.31. The zero-order valence-electron chi connectivity index (χ0n) is 13.6. The average Bonchev–Trinajstić information content (AvgIpc) is 2.28. The molecule has 0 N–H and O–H groups in total. The van der Waals surface area contributed by atoms with Gasteiger partial charge in [0.25, 0.3) is 0 Å². The normalized spacial score (nSPS) is 15.8. The minimum Gasteiger partial charge on any atom is -0.373 e. The summed E-state index contributed by atoms with van der Waals surface area (Å²) in [6, 6.07) is 0. The molecule has 0 radical (unpaired) electrons. The molecule has 20 heavy (non-hydrogen) atoms. The van der Waals surface area contributed by atoms with Gasteiger partial charge in [0.2, 0.25) is 11.6 Å². The zero-order chi connectivity index (χ0) is 15.8. The predicted octanol–water partition coefficient (Wildman–Crippen LogP) is -0.192. The van der Waals surface area contributed by atoms with Gasteiger partial charge in [0.1, 0.15) is 22.8 Å². The van der Waals surface area contributed by atoms with Gasteiger partial charge in [0.15, 0.2) is 0 Å². The van der Waals surface area contributed by atoms with Crippen LogP contribution in [0.25, 0.3) is 0 Å². The smallest absolute Gasteiger partial charge is 0.229 e. The number of carbonyl (C=O) groups is 2. The highest BCUT2D eigenvalue weighted by Gasteiger charge is 2.38. The summed E-state index contributed by atoms with van der Waals surface area (Å²) >= 11 is 0. The van der Waals surface area contributed by atoms with Crippen molar-refractivity contribution in [1.29, 1.82) is 0 Å². The van der Waals surface area contributed by atoms with Crippen molar-refractivity contribution in [2.24, 2.45) is 0 Å². The van der Waals surface area contributed by atoms with Crippen molar-refractivity contribution in [3.05, 3.63) is 22.8 Å². The van der Waals surface area contributed by atoms with Gasteiger partial charge in [-0.25, -0.2) is 0 Å². The summed E-state index contributed by atoms with van der Waals surface area (Å²) in [7, 11) is 14.2. The molecule has 0 atom stereocenters. The highest BCUT2D eigenvalue weighted by atomic mass is 16.1. The van der Waals surface area contributed by atoms with E-state index in [0.717, 1.165) is 0 Å². The third-order valence-corrected chi connectivity index (χ3v) is 3.10. The van der Waals surface area contributed by atoms with E-state index in [1.165, 1.54) is 0 Å². The Labute approximate surface area is 120 Å². The molecule has 0 bridgehead atoms. The van der Waals surface area contributed by atoms with Gasteiger partial charge in [0.05, 0.1) is 0 Å². The number of likely N-dealkylation sites (N-methyl/N-ethyl adjacent to an activating group) is 4. The summed E-state index contributed by atoms with van der Waals surface area (Å²) in [5.74, 6) is -0.265. The van der Waals surface area contributed by atoms with Gasteiger partial charge in [0, 0.05) is 56.4 Å². The lowest BCUT2D eigenvalue weighted by molar-refractivity contribution is -0.120. The molecule has 0 aromatic carbocycles. The quantitative estimate of drug-likeness (QED) is 0.665. The highest BCUT2D eigenvalue weighted by molar-refractivity contribution is 6.24. The van der Waals surface area contributed by atoms with Crippen LogP contribution in [-0.2, 0) is 9.59 Å². The van der Waals surface area contributed by atoms with E-state index in [1.807, 2.05) is 0 Å². The van der Waals surface area contributed by atoms with Crippen LogP contribution in [0.3, 0.4) is 0 Å². The molecular weight excluding hydrogens is 256 g/mol. The summed E-state index contributed by atoms with van der Waals surface area (Å²) < 4.78 is 0. The van der Waals surface area contributed by atoms with Crippen molar-refractivity contribution in [2.45, 2.75) is 0 Å². The molecule has 1 rings (SSSR count). The summed E-state index contributed by atoms with van der Waals surface area (Å²) in [6.45, 7) is 0. The van der Waals surface area contributed by atoms with Crippen molar-refractivity contribution < 1.29 is 9.59 Å². The first-order chi connectivity index (χ1) is 9.11. The van der Waals surface area contributed by atoms with Crippen LogP contribution < -0.4 is 0 Å². The lowest BCUT2D eigenvalue weighted by Gasteiger charge is -2.34. The molecule has 6 heteroatoms. The molecule has 112 valence electrons. The van der Waals surface area contributed by atoms with E-state index in [4.69, 9.17) is 0 Å². The van der Waals surface area contributed by atoms with Crippen LogP contribution in [-0.4, -0.2) is 87.5 Å². The average molecular weight is 280 g/mol. The molecule has 6 nitrogen and oxygen atoms in total. The first-order valence-electron chi connectivity index (χ1n) is 6.38. The molecular formula is C14H24N4O2. The second-order valence-corrected chi connectivity index (χ2v) is 5.63. The standard InChI is InChI=1S/C14H24N4O2/c1-15(2)9-10(16(3)4)14(20)12(18(7)8)11(13(9)19)17(5)6/h1-8H3. The molecule has 1 aliphatic rings. The van der Waals surface area contributed by atoms with Crippen LogP contribution in [0.2, 0.25) is 0 Å². The van der Waals surface area contributed by atoms with Gasteiger partial charge < -0.3 is 19.6 Å². The molecule has 0 spiro atoms. The second-order valence-electron chi connectivity index (χ2n) is 5.63. The van der Waals surface area contributed by atoms with Crippen LogP contribution in [0.15, 0.2) is 22.8 Å². The maximum Gasteiger partial charge on any atom is 0.229 e. The van der Waals surface area contributed by atoms with Crippen molar-refractivity contribution in [3.8, 4) is 0 Å². The van der Waals surface area contributed by atoms with Gasteiger partial charge in [-0.2, -0.15) is 0 Å². The maximum absolute atomic E-state index is 12.8. The Kier molecular flexibility index (Phi) is 4.47. The molecule has 0 saturated heterocycles. The molecule has 0 aromatic heterocycles.